The predicted octanol–water partition coefficient (Wildman–Crippen LogP) is 2.25. The predicted molar refractivity (Wildman–Crippen MR) is 70.0 cm³/mol. The van der Waals surface area contributed by atoms with Gasteiger partial charge in [0.15, 0.2) is 0 Å². The average Bonchev–Trinajstić information content (AvgIpc) is 2.68. The lowest BCUT2D eigenvalue weighted by molar-refractivity contribution is 0.368. The Bertz CT molecular complexity index is 555. The summed E-state index contributed by atoms with van der Waals surface area (Å²) in [6.45, 7) is 2.20. The van der Waals surface area contributed by atoms with E-state index >= 15 is 0 Å². The monoisotopic (exact) mass is 247 g/mol. The van der Waals surface area contributed by atoms with Crippen LogP contribution in [0.1, 0.15) is 18.7 Å². The van der Waals surface area contributed by atoms with Crippen molar-refractivity contribution in [3.8, 4) is 0 Å². The topological polar surface area (TPSA) is 29.9 Å². The summed E-state index contributed by atoms with van der Waals surface area (Å²) >= 11 is 0. The van der Waals surface area contributed by atoms with Gasteiger partial charge in [-0.1, -0.05) is 0 Å². The molecule has 1 aromatic carbocycles. The number of hydrogen-bond acceptors (Lipinski definition) is 2. The first-order chi connectivity index (χ1) is 8.74. The smallest absolute Gasteiger partial charge is 0.125 e. The number of halogens is 1. The molecule has 1 N–H and O–H groups in total. The zero-order valence-electron chi connectivity index (χ0n) is 10.6. The maximum atomic E-state index is 13.2. The van der Waals surface area contributed by atoms with Crippen LogP contribution in [0.25, 0.3) is 11.0 Å². The third-order valence-electron chi connectivity index (χ3n) is 3.81. The molecule has 2 aromatic rings. The number of aryl methyl sites for hydroxylation is 1. The molecule has 0 aliphatic carbocycles. The average molecular weight is 247 g/mol. The second-order valence-electron chi connectivity index (χ2n) is 5.14. The molecular weight excluding hydrogens is 229 g/mol. The summed E-state index contributed by atoms with van der Waals surface area (Å²) in [5.41, 5.74) is 1.77. The van der Waals surface area contributed by atoms with Gasteiger partial charge >= 0.3 is 0 Å². The van der Waals surface area contributed by atoms with Crippen molar-refractivity contribution in [2.45, 2.75) is 19.3 Å². The van der Waals surface area contributed by atoms with E-state index in [1.807, 2.05) is 11.6 Å². The zero-order valence-corrected chi connectivity index (χ0v) is 10.6. The van der Waals surface area contributed by atoms with E-state index in [0.717, 1.165) is 36.4 Å². The van der Waals surface area contributed by atoms with Crippen molar-refractivity contribution in [3.05, 3.63) is 29.8 Å². The van der Waals surface area contributed by atoms with Gasteiger partial charge in [0.05, 0.1) is 11.0 Å². The van der Waals surface area contributed by atoms with Crippen molar-refractivity contribution in [2.75, 3.05) is 13.1 Å². The minimum absolute atomic E-state index is 0.198. The van der Waals surface area contributed by atoms with Crippen molar-refractivity contribution < 1.29 is 4.39 Å². The van der Waals surface area contributed by atoms with Crippen LogP contribution in [0, 0.1) is 11.7 Å². The summed E-state index contributed by atoms with van der Waals surface area (Å²) in [4.78, 5) is 4.62. The first kappa shape index (κ1) is 11.7. The van der Waals surface area contributed by atoms with Crippen LogP contribution in [0.4, 0.5) is 4.39 Å². The lowest BCUT2D eigenvalue weighted by Gasteiger charge is -2.22. The molecule has 0 saturated carbocycles. The highest BCUT2D eigenvalue weighted by atomic mass is 19.1. The van der Waals surface area contributed by atoms with E-state index < -0.39 is 0 Å². The van der Waals surface area contributed by atoms with Crippen LogP contribution in [0.5, 0.6) is 0 Å². The maximum absolute atomic E-state index is 13.2. The van der Waals surface area contributed by atoms with E-state index in [0.29, 0.717) is 5.92 Å². The van der Waals surface area contributed by atoms with Crippen molar-refractivity contribution >= 4 is 11.0 Å². The van der Waals surface area contributed by atoms with Gasteiger partial charge in [0.25, 0.3) is 0 Å². The van der Waals surface area contributed by atoms with Crippen LogP contribution in [-0.2, 0) is 13.5 Å². The number of fused-ring (bicyclic) bond motifs is 1. The normalized spacial score (nSPS) is 20.4. The number of hydrogen-bond donors (Lipinski definition) is 1. The Morgan fingerprint density at radius 3 is 3.17 bits per heavy atom. The standard InChI is InChI=1S/C14H18FN3/c1-18-13-8-11(15)4-5-12(13)17-14(18)7-10-3-2-6-16-9-10/h4-5,8,10,16H,2-3,6-7,9H2,1H3. The van der Waals surface area contributed by atoms with Crippen LogP contribution in [-0.4, -0.2) is 22.6 Å². The number of rotatable bonds is 2. The Morgan fingerprint density at radius 1 is 1.50 bits per heavy atom. The minimum atomic E-state index is -0.198. The third-order valence-corrected chi connectivity index (χ3v) is 3.81. The number of aromatic nitrogens is 2. The van der Waals surface area contributed by atoms with Gasteiger partial charge in [-0.2, -0.15) is 0 Å². The summed E-state index contributed by atoms with van der Waals surface area (Å²) in [5.74, 6) is 1.51. The molecule has 96 valence electrons. The van der Waals surface area contributed by atoms with E-state index in [1.54, 1.807) is 12.1 Å². The van der Waals surface area contributed by atoms with Crippen LogP contribution in [0.2, 0.25) is 0 Å². The Morgan fingerprint density at radius 2 is 2.39 bits per heavy atom. The molecule has 2 heterocycles. The van der Waals surface area contributed by atoms with E-state index in [2.05, 4.69) is 10.3 Å². The molecule has 1 atom stereocenters. The second-order valence-corrected chi connectivity index (χ2v) is 5.14. The highest BCUT2D eigenvalue weighted by molar-refractivity contribution is 5.75. The van der Waals surface area contributed by atoms with Crippen molar-refractivity contribution in [1.29, 1.82) is 0 Å². The van der Waals surface area contributed by atoms with Crippen LogP contribution >= 0.6 is 0 Å². The van der Waals surface area contributed by atoms with Gasteiger partial charge in [-0.3, -0.25) is 0 Å². The van der Waals surface area contributed by atoms with Gasteiger partial charge in [0.2, 0.25) is 0 Å². The fourth-order valence-corrected chi connectivity index (χ4v) is 2.75. The van der Waals surface area contributed by atoms with E-state index in [-0.39, 0.29) is 5.82 Å². The lowest BCUT2D eigenvalue weighted by Crippen LogP contribution is -2.31. The lowest BCUT2D eigenvalue weighted by atomic mass is 9.96. The molecule has 0 spiro atoms. The Labute approximate surface area is 106 Å². The van der Waals surface area contributed by atoms with Gasteiger partial charge in [-0.05, 0) is 50.0 Å². The quantitative estimate of drug-likeness (QED) is 0.882. The maximum Gasteiger partial charge on any atom is 0.125 e. The van der Waals surface area contributed by atoms with E-state index in [4.69, 9.17) is 0 Å². The van der Waals surface area contributed by atoms with Gasteiger partial charge in [-0.15, -0.1) is 0 Å². The first-order valence-electron chi connectivity index (χ1n) is 6.55. The summed E-state index contributed by atoms with van der Waals surface area (Å²) in [5, 5.41) is 3.42. The Kier molecular flexibility index (Phi) is 3.04. The van der Waals surface area contributed by atoms with Gasteiger partial charge in [-0.25, -0.2) is 9.37 Å². The molecule has 18 heavy (non-hydrogen) atoms. The Balaban J connectivity index is 1.89. The largest absolute Gasteiger partial charge is 0.331 e. The number of imidazole rings is 1. The summed E-state index contributed by atoms with van der Waals surface area (Å²) in [7, 11) is 1.97. The number of nitrogens with zero attached hydrogens (tertiary/aromatic N) is 2. The van der Waals surface area contributed by atoms with Crippen molar-refractivity contribution in [3.63, 3.8) is 0 Å². The molecule has 0 radical (unpaired) electrons. The SMILES string of the molecule is Cn1c(CC2CCCNC2)nc2ccc(F)cc21. The van der Waals surface area contributed by atoms with Crippen LogP contribution in [0.15, 0.2) is 18.2 Å². The van der Waals surface area contributed by atoms with Gasteiger partial charge in [0.1, 0.15) is 11.6 Å². The fourth-order valence-electron chi connectivity index (χ4n) is 2.75. The molecule has 0 amide bonds. The minimum Gasteiger partial charge on any atom is -0.331 e. The molecule has 1 fully saturated rings. The van der Waals surface area contributed by atoms with Gasteiger partial charge in [0, 0.05) is 13.5 Å². The van der Waals surface area contributed by atoms with E-state index in [9.17, 15) is 4.39 Å². The molecular formula is C14H18FN3. The fraction of sp³-hybridized carbons (Fsp3) is 0.500. The zero-order chi connectivity index (χ0) is 12.5. The highest BCUT2D eigenvalue weighted by Gasteiger charge is 2.17. The molecule has 1 aromatic heterocycles. The molecule has 4 heteroatoms. The van der Waals surface area contributed by atoms with Crippen LogP contribution in [0.3, 0.4) is 0 Å². The Hall–Kier alpha value is -1.42. The molecule has 3 nitrogen and oxygen atoms in total. The number of benzene rings is 1. The van der Waals surface area contributed by atoms with Crippen molar-refractivity contribution in [2.24, 2.45) is 13.0 Å². The van der Waals surface area contributed by atoms with E-state index in [1.165, 1.54) is 18.9 Å². The van der Waals surface area contributed by atoms with Crippen molar-refractivity contribution in [1.82, 2.24) is 14.9 Å². The summed E-state index contributed by atoms with van der Waals surface area (Å²) in [6, 6.07) is 4.79. The number of piperidine rings is 1. The first-order valence-corrected chi connectivity index (χ1v) is 6.55. The molecule has 0 bridgehead atoms. The summed E-state index contributed by atoms with van der Waals surface area (Å²) in [6.07, 6.45) is 3.47. The molecule has 1 aliphatic rings. The van der Waals surface area contributed by atoms with Gasteiger partial charge < -0.3 is 9.88 Å². The molecule has 1 saturated heterocycles. The third kappa shape index (κ3) is 2.12. The van der Waals surface area contributed by atoms with Crippen LogP contribution < -0.4 is 5.32 Å². The molecule has 1 aliphatic heterocycles. The summed E-state index contributed by atoms with van der Waals surface area (Å²) < 4.78 is 15.3. The molecule has 3 rings (SSSR count). The number of nitrogens with one attached hydrogen (secondary N) is 1. The highest BCUT2D eigenvalue weighted by Crippen LogP contribution is 2.20. The second kappa shape index (κ2) is 4.69. The molecule has 1 unspecified atom stereocenters.